The third-order valence-corrected chi connectivity index (χ3v) is 1.86. The summed E-state index contributed by atoms with van der Waals surface area (Å²) in [6.07, 6.45) is 1.27. The molecule has 1 aromatic heterocycles. The number of hydrogen-bond acceptors (Lipinski definition) is 3. The van der Waals surface area contributed by atoms with Crippen molar-refractivity contribution in [1.29, 1.82) is 0 Å². The third kappa shape index (κ3) is 4.29. The second-order valence-electron chi connectivity index (χ2n) is 4.62. The summed E-state index contributed by atoms with van der Waals surface area (Å²) in [6, 6.07) is 5.43. The molecule has 1 N–H and O–H groups in total. The summed E-state index contributed by atoms with van der Waals surface area (Å²) in [5.74, 6) is 0. The molecule has 1 amide bonds. The first kappa shape index (κ1) is 12.5. The van der Waals surface area contributed by atoms with E-state index in [0.717, 1.165) is 5.69 Å². The van der Waals surface area contributed by atoms with Gasteiger partial charge >= 0.3 is 6.09 Å². The van der Waals surface area contributed by atoms with Gasteiger partial charge in [0, 0.05) is 6.20 Å². The second-order valence-corrected chi connectivity index (χ2v) is 4.62. The lowest BCUT2D eigenvalue weighted by Gasteiger charge is -2.21. The smallest absolute Gasteiger partial charge is 0.408 e. The molecule has 0 bridgehead atoms. The van der Waals surface area contributed by atoms with Crippen LogP contribution in [0.25, 0.3) is 0 Å². The van der Waals surface area contributed by atoms with Gasteiger partial charge in [-0.1, -0.05) is 6.07 Å². The number of nitrogens with zero attached hydrogens (tertiary/aromatic N) is 1. The fraction of sp³-hybridized carbons (Fsp3) is 0.500. The first-order chi connectivity index (χ1) is 7.38. The average molecular weight is 222 g/mol. The van der Waals surface area contributed by atoms with Crippen LogP contribution in [0.15, 0.2) is 24.4 Å². The number of nitrogens with one attached hydrogen (secondary N) is 1. The van der Waals surface area contributed by atoms with Gasteiger partial charge in [-0.15, -0.1) is 0 Å². The monoisotopic (exact) mass is 222 g/mol. The first-order valence-electron chi connectivity index (χ1n) is 5.29. The Kier molecular flexibility index (Phi) is 3.88. The Morgan fingerprint density at radius 1 is 1.44 bits per heavy atom. The molecular formula is C12H18N2O2. The van der Waals surface area contributed by atoms with E-state index in [-0.39, 0.29) is 6.04 Å². The minimum Gasteiger partial charge on any atom is -0.444 e. The van der Waals surface area contributed by atoms with Crippen LogP contribution in [-0.4, -0.2) is 16.7 Å². The molecule has 88 valence electrons. The van der Waals surface area contributed by atoms with E-state index in [2.05, 4.69) is 10.3 Å². The van der Waals surface area contributed by atoms with Crippen molar-refractivity contribution in [3.63, 3.8) is 0 Å². The van der Waals surface area contributed by atoms with Gasteiger partial charge in [-0.25, -0.2) is 4.79 Å². The van der Waals surface area contributed by atoms with Gasteiger partial charge in [-0.3, -0.25) is 4.98 Å². The van der Waals surface area contributed by atoms with E-state index in [1.54, 1.807) is 6.20 Å². The molecule has 0 saturated heterocycles. The van der Waals surface area contributed by atoms with Crippen LogP contribution in [0.5, 0.6) is 0 Å². The molecule has 0 aromatic carbocycles. The Morgan fingerprint density at radius 3 is 2.62 bits per heavy atom. The normalized spacial score (nSPS) is 13.0. The Bertz CT molecular complexity index is 344. The van der Waals surface area contributed by atoms with E-state index < -0.39 is 11.7 Å². The lowest BCUT2D eigenvalue weighted by atomic mass is 10.2. The molecule has 0 saturated carbocycles. The van der Waals surface area contributed by atoms with Crippen molar-refractivity contribution in [1.82, 2.24) is 10.3 Å². The van der Waals surface area contributed by atoms with Crippen LogP contribution in [-0.2, 0) is 4.74 Å². The van der Waals surface area contributed by atoms with Crippen molar-refractivity contribution < 1.29 is 9.53 Å². The molecule has 0 aliphatic carbocycles. The molecule has 0 aliphatic rings. The molecule has 1 heterocycles. The molecule has 0 spiro atoms. The van der Waals surface area contributed by atoms with Crippen molar-refractivity contribution in [2.45, 2.75) is 39.3 Å². The number of rotatable bonds is 2. The Morgan fingerprint density at radius 2 is 2.12 bits per heavy atom. The van der Waals surface area contributed by atoms with E-state index in [4.69, 9.17) is 4.74 Å². The Hall–Kier alpha value is -1.58. The lowest BCUT2D eigenvalue weighted by Crippen LogP contribution is -2.34. The molecule has 16 heavy (non-hydrogen) atoms. The largest absolute Gasteiger partial charge is 0.444 e. The minimum atomic E-state index is -0.478. The van der Waals surface area contributed by atoms with Crippen molar-refractivity contribution in [2.75, 3.05) is 0 Å². The molecule has 1 atom stereocenters. The minimum absolute atomic E-state index is 0.156. The van der Waals surface area contributed by atoms with E-state index in [1.807, 2.05) is 45.9 Å². The molecule has 1 unspecified atom stereocenters. The predicted molar refractivity (Wildman–Crippen MR) is 62.0 cm³/mol. The highest BCUT2D eigenvalue weighted by Gasteiger charge is 2.18. The molecular weight excluding hydrogens is 204 g/mol. The number of amides is 1. The molecule has 1 aromatic rings. The van der Waals surface area contributed by atoms with E-state index in [0.29, 0.717) is 0 Å². The van der Waals surface area contributed by atoms with Gasteiger partial charge in [0.25, 0.3) is 0 Å². The van der Waals surface area contributed by atoms with Crippen LogP contribution in [0.4, 0.5) is 4.79 Å². The fourth-order valence-electron chi connectivity index (χ4n) is 1.19. The SMILES string of the molecule is CC(NC(=O)OC(C)(C)C)c1ccccn1. The van der Waals surface area contributed by atoms with Crippen molar-refractivity contribution in [3.8, 4) is 0 Å². The number of aromatic nitrogens is 1. The van der Waals surface area contributed by atoms with Crippen LogP contribution in [0.3, 0.4) is 0 Å². The first-order valence-corrected chi connectivity index (χ1v) is 5.29. The van der Waals surface area contributed by atoms with Gasteiger partial charge in [-0.2, -0.15) is 0 Å². The summed E-state index contributed by atoms with van der Waals surface area (Å²) in [6.45, 7) is 7.36. The summed E-state index contributed by atoms with van der Waals surface area (Å²) >= 11 is 0. The van der Waals surface area contributed by atoms with E-state index >= 15 is 0 Å². The second kappa shape index (κ2) is 4.96. The van der Waals surface area contributed by atoms with Gasteiger partial charge in [0.15, 0.2) is 0 Å². The number of carbonyl (C=O) groups excluding carboxylic acids is 1. The topological polar surface area (TPSA) is 51.2 Å². The summed E-state index contributed by atoms with van der Waals surface area (Å²) in [5.41, 5.74) is 0.335. The van der Waals surface area contributed by atoms with Gasteiger partial charge in [0.2, 0.25) is 0 Å². The molecule has 0 radical (unpaired) electrons. The van der Waals surface area contributed by atoms with Crippen LogP contribution >= 0.6 is 0 Å². The maximum Gasteiger partial charge on any atom is 0.408 e. The van der Waals surface area contributed by atoms with Gasteiger partial charge in [0.05, 0.1) is 11.7 Å². The number of ether oxygens (including phenoxy) is 1. The molecule has 4 nitrogen and oxygen atoms in total. The average Bonchev–Trinajstić information content (AvgIpc) is 2.16. The summed E-state index contributed by atoms with van der Waals surface area (Å²) in [4.78, 5) is 15.6. The quantitative estimate of drug-likeness (QED) is 0.837. The number of pyridine rings is 1. The van der Waals surface area contributed by atoms with E-state index in [9.17, 15) is 4.79 Å². The predicted octanol–water partition coefficient (Wildman–Crippen LogP) is 2.67. The summed E-state index contributed by atoms with van der Waals surface area (Å²) < 4.78 is 5.15. The number of hydrogen-bond donors (Lipinski definition) is 1. The van der Waals surface area contributed by atoms with Crippen LogP contribution in [0.2, 0.25) is 0 Å². The zero-order valence-electron chi connectivity index (χ0n) is 10.2. The van der Waals surface area contributed by atoms with Crippen LogP contribution in [0, 0.1) is 0 Å². The third-order valence-electron chi connectivity index (χ3n) is 1.86. The summed E-state index contributed by atoms with van der Waals surface area (Å²) in [5, 5.41) is 2.73. The van der Waals surface area contributed by atoms with Crippen LogP contribution in [0.1, 0.15) is 39.4 Å². The maximum atomic E-state index is 11.5. The number of carbonyl (C=O) groups is 1. The standard InChI is InChI=1S/C12H18N2O2/c1-9(10-7-5-6-8-13-10)14-11(15)16-12(2,3)4/h5-9H,1-4H3,(H,14,15). The highest BCUT2D eigenvalue weighted by Crippen LogP contribution is 2.11. The van der Waals surface area contributed by atoms with Gasteiger partial charge in [0.1, 0.15) is 5.60 Å². The molecule has 4 heteroatoms. The molecule has 1 rings (SSSR count). The van der Waals surface area contributed by atoms with Gasteiger partial charge in [-0.05, 0) is 39.8 Å². The number of alkyl carbamates (subject to hydrolysis) is 1. The summed E-state index contributed by atoms with van der Waals surface area (Å²) in [7, 11) is 0. The molecule has 0 fully saturated rings. The zero-order valence-corrected chi connectivity index (χ0v) is 10.2. The Balaban J connectivity index is 2.52. The van der Waals surface area contributed by atoms with Crippen molar-refractivity contribution in [3.05, 3.63) is 30.1 Å². The van der Waals surface area contributed by atoms with Crippen molar-refractivity contribution >= 4 is 6.09 Å². The highest BCUT2D eigenvalue weighted by molar-refractivity contribution is 5.68. The fourth-order valence-corrected chi connectivity index (χ4v) is 1.19. The zero-order chi connectivity index (χ0) is 12.2. The highest BCUT2D eigenvalue weighted by atomic mass is 16.6. The Labute approximate surface area is 96.0 Å². The lowest BCUT2D eigenvalue weighted by molar-refractivity contribution is 0.0507. The van der Waals surface area contributed by atoms with Crippen LogP contribution < -0.4 is 5.32 Å². The molecule has 0 aliphatic heterocycles. The van der Waals surface area contributed by atoms with E-state index in [1.165, 1.54) is 0 Å². The van der Waals surface area contributed by atoms with Gasteiger partial charge < -0.3 is 10.1 Å². The van der Waals surface area contributed by atoms with Crippen molar-refractivity contribution in [2.24, 2.45) is 0 Å². The maximum absolute atomic E-state index is 11.5.